The van der Waals surface area contributed by atoms with Crippen LogP contribution in [0.4, 0.5) is 34.1 Å². The second-order valence-corrected chi connectivity index (χ2v) is 11.7. The molecule has 0 saturated heterocycles. The summed E-state index contributed by atoms with van der Waals surface area (Å²) in [5, 5.41) is 0. The van der Waals surface area contributed by atoms with Gasteiger partial charge in [-0.25, -0.2) is 0 Å². The third-order valence-electron chi connectivity index (χ3n) is 8.92. The van der Waals surface area contributed by atoms with Crippen LogP contribution in [0.3, 0.4) is 0 Å². The van der Waals surface area contributed by atoms with Gasteiger partial charge in [0.15, 0.2) is 0 Å². The Labute approximate surface area is 259 Å². The van der Waals surface area contributed by atoms with Crippen molar-refractivity contribution in [3.63, 3.8) is 0 Å². The van der Waals surface area contributed by atoms with Crippen LogP contribution in [0.1, 0.15) is 0 Å². The summed E-state index contributed by atoms with van der Waals surface area (Å²) in [7, 11) is 4.35. The van der Waals surface area contributed by atoms with Crippen LogP contribution in [0.5, 0.6) is 0 Å². The van der Waals surface area contributed by atoms with Gasteiger partial charge < -0.3 is 19.6 Å². The number of benzene rings is 6. The van der Waals surface area contributed by atoms with Crippen molar-refractivity contribution in [2.24, 2.45) is 0 Å². The number of rotatable bonds is 5. The van der Waals surface area contributed by atoms with E-state index in [1.807, 2.05) is 0 Å². The fourth-order valence-electron chi connectivity index (χ4n) is 6.83. The number of para-hydroxylation sites is 4. The van der Waals surface area contributed by atoms with Gasteiger partial charge in [0, 0.05) is 25.5 Å². The van der Waals surface area contributed by atoms with E-state index < -0.39 is 0 Å². The lowest BCUT2D eigenvalue weighted by Gasteiger charge is -2.26. The van der Waals surface area contributed by atoms with E-state index in [1.165, 1.54) is 67.5 Å². The minimum Gasteiger partial charge on any atom is -0.355 e. The smallest absolute Gasteiger partial charge is 0.0950 e. The summed E-state index contributed by atoms with van der Waals surface area (Å²) in [6.45, 7) is 1.59. The average Bonchev–Trinajstić information content (AvgIpc) is 3.61. The number of nitrogens with zero attached hydrogens (tertiary/aromatic N) is 4. The van der Waals surface area contributed by atoms with Crippen molar-refractivity contribution < 1.29 is 0 Å². The Bertz CT molecular complexity index is 1830. The van der Waals surface area contributed by atoms with Crippen LogP contribution in [0.25, 0.3) is 33.4 Å². The number of hydrogen-bond donors (Lipinski definition) is 0. The van der Waals surface area contributed by atoms with Crippen molar-refractivity contribution >= 4 is 34.1 Å². The van der Waals surface area contributed by atoms with Crippen LogP contribution in [0, 0.1) is 0 Å². The highest BCUT2D eigenvalue weighted by Crippen LogP contribution is 2.48. The highest BCUT2D eigenvalue weighted by Gasteiger charge is 2.29. The zero-order valence-electron chi connectivity index (χ0n) is 25.1. The molecule has 0 amide bonds. The molecule has 0 N–H and O–H groups in total. The van der Waals surface area contributed by atoms with Gasteiger partial charge in [-0.3, -0.25) is 0 Å². The molecule has 6 aromatic carbocycles. The van der Waals surface area contributed by atoms with E-state index in [-0.39, 0.29) is 0 Å². The average molecular weight is 571 g/mol. The summed E-state index contributed by atoms with van der Waals surface area (Å²) < 4.78 is 0. The Morgan fingerprint density at radius 2 is 0.795 bits per heavy atom. The van der Waals surface area contributed by atoms with E-state index in [0.29, 0.717) is 0 Å². The number of anilines is 6. The Hall–Kier alpha value is -5.48. The van der Waals surface area contributed by atoms with Crippen molar-refractivity contribution in [1.82, 2.24) is 0 Å². The zero-order valence-corrected chi connectivity index (χ0v) is 25.1. The third kappa shape index (κ3) is 4.38. The van der Waals surface area contributed by atoms with Gasteiger partial charge in [-0.15, -0.1) is 0 Å². The normalized spacial score (nSPS) is 13.8. The van der Waals surface area contributed by atoms with Gasteiger partial charge in [0.25, 0.3) is 0 Å². The van der Waals surface area contributed by atoms with E-state index in [9.17, 15) is 0 Å². The Morgan fingerprint density at radius 3 is 1.25 bits per heavy atom. The zero-order chi connectivity index (χ0) is 29.6. The molecule has 44 heavy (non-hydrogen) atoms. The maximum atomic E-state index is 2.45. The molecule has 2 aliphatic heterocycles. The molecular formula is C40H34N4. The molecule has 0 radical (unpaired) electrons. The SMILES string of the molecule is CN1CN(c2cc(-c3c(-c4ccccc4)cccc3-c3ccccc3)cc(N3CN(C)c4ccccc43)c2)c2ccccc21. The molecule has 2 aliphatic rings. The fraction of sp³-hybridized carbons (Fsp3) is 0.100. The van der Waals surface area contributed by atoms with Crippen LogP contribution < -0.4 is 19.6 Å². The quantitative estimate of drug-likeness (QED) is 0.204. The van der Waals surface area contributed by atoms with Crippen LogP contribution in [-0.2, 0) is 0 Å². The van der Waals surface area contributed by atoms with Gasteiger partial charge in [-0.05, 0) is 75.8 Å². The molecule has 0 unspecified atom stereocenters. The Kier molecular flexibility index (Phi) is 6.34. The van der Waals surface area contributed by atoms with Crippen molar-refractivity contribution in [3.05, 3.63) is 146 Å². The summed E-state index contributed by atoms with van der Waals surface area (Å²) >= 11 is 0. The third-order valence-corrected chi connectivity index (χ3v) is 8.92. The molecule has 0 spiro atoms. The topological polar surface area (TPSA) is 13.0 Å². The van der Waals surface area contributed by atoms with E-state index in [0.717, 1.165) is 13.3 Å². The highest BCUT2D eigenvalue weighted by molar-refractivity contribution is 5.98. The molecular weight excluding hydrogens is 536 g/mol. The summed E-state index contributed by atoms with van der Waals surface area (Å²) in [4.78, 5) is 9.55. The number of fused-ring (bicyclic) bond motifs is 2. The van der Waals surface area contributed by atoms with Crippen molar-refractivity contribution in [2.75, 3.05) is 47.0 Å². The van der Waals surface area contributed by atoms with Gasteiger partial charge in [-0.1, -0.05) is 103 Å². The highest BCUT2D eigenvalue weighted by atomic mass is 15.4. The first-order valence-corrected chi connectivity index (χ1v) is 15.2. The summed E-state index contributed by atoms with van der Waals surface area (Å²) in [6, 6.07) is 52.8. The molecule has 4 nitrogen and oxygen atoms in total. The summed E-state index contributed by atoms with van der Waals surface area (Å²) in [6.07, 6.45) is 0. The molecule has 4 heteroatoms. The molecule has 0 saturated carbocycles. The maximum Gasteiger partial charge on any atom is 0.0950 e. The first kappa shape index (κ1) is 26.2. The lowest BCUT2D eigenvalue weighted by atomic mass is 9.87. The van der Waals surface area contributed by atoms with E-state index in [2.05, 4.69) is 179 Å². The molecule has 2 heterocycles. The standard InChI is InChI=1S/C40H34N4/c1-41-27-43(38-22-11-9-20-36(38)41)32-24-31(25-33(26-32)44-28-42(2)37-21-10-12-23-39(37)44)40-34(29-14-5-3-6-15-29)18-13-19-35(40)30-16-7-4-8-17-30/h3-26H,27-28H2,1-2H3. The van der Waals surface area contributed by atoms with Crippen molar-refractivity contribution in [3.8, 4) is 33.4 Å². The van der Waals surface area contributed by atoms with Crippen molar-refractivity contribution in [2.45, 2.75) is 0 Å². The maximum absolute atomic E-state index is 2.45. The van der Waals surface area contributed by atoms with Gasteiger partial charge >= 0.3 is 0 Å². The van der Waals surface area contributed by atoms with Crippen LogP contribution in [0.2, 0.25) is 0 Å². The second kappa shape index (κ2) is 10.7. The Morgan fingerprint density at radius 1 is 0.386 bits per heavy atom. The predicted octanol–water partition coefficient (Wildman–Crippen LogP) is 9.78. The number of hydrogen-bond acceptors (Lipinski definition) is 4. The summed E-state index contributed by atoms with van der Waals surface area (Å²) in [5.41, 5.74) is 14.7. The summed E-state index contributed by atoms with van der Waals surface area (Å²) in [5.74, 6) is 0. The van der Waals surface area contributed by atoms with E-state index in [1.54, 1.807) is 0 Å². The molecule has 8 rings (SSSR count). The van der Waals surface area contributed by atoms with Gasteiger partial charge in [0.2, 0.25) is 0 Å². The van der Waals surface area contributed by atoms with Crippen LogP contribution in [-0.4, -0.2) is 27.4 Å². The van der Waals surface area contributed by atoms with Crippen LogP contribution in [0.15, 0.2) is 146 Å². The molecule has 0 aliphatic carbocycles. The fourth-order valence-corrected chi connectivity index (χ4v) is 6.83. The molecule has 0 aromatic heterocycles. The lowest BCUT2D eigenvalue weighted by molar-refractivity contribution is 0.940. The molecule has 6 aromatic rings. The largest absolute Gasteiger partial charge is 0.355 e. The molecule has 214 valence electrons. The monoisotopic (exact) mass is 570 g/mol. The van der Waals surface area contributed by atoms with Gasteiger partial charge in [0.1, 0.15) is 0 Å². The van der Waals surface area contributed by atoms with E-state index >= 15 is 0 Å². The van der Waals surface area contributed by atoms with Crippen LogP contribution >= 0.6 is 0 Å². The molecule has 0 fully saturated rings. The molecule has 0 bridgehead atoms. The first-order chi connectivity index (χ1) is 21.7. The minimum atomic E-state index is 0.796. The minimum absolute atomic E-state index is 0.796. The van der Waals surface area contributed by atoms with Gasteiger partial charge in [0.05, 0.1) is 36.1 Å². The second-order valence-electron chi connectivity index (χ2n) is 11.7. The van der Waals surface area contributed by atoms with Gasteiger partial charge in [-0.2, -0.15) is 0 Å². The van der Waals surface area contributed by atoms with E-state index in [4.69, 9.17) is 0 Å². The lowest BCUT2D eigenvalue weighted by Crippen LogP contribution is -2.26. The molecule has 0 atom stereocenters. The first-order valence-electron chi connectivity index (χ1n) is 15.2. The van der Waals surface area contributed by atoms with Crippen molar-refractivity contribution in [1.29, 1.82) is 0 Å². The Balaban J connectivity index is 1.40. The predicted molar refractivity (Wildman–Crippen MR) is 186 cm³/mol.